The Balaban J connectivity index is 2.25. The first-order valence-electron chi connectivity index (χ1n) is 6.24. The summed E-state index contributed by atoms with van der Waals surface area (Å²) in [6.45, 7) is 4.38. The average Bonchev–Trinajstić information content (AvgIpc) is 2.80. The number of nitrogens with two attached hydrogens (primary N) is 1. The third kappa shape index (κ3) is 2.81. The van der Waals surface area contributed by atoms with Crippen LogP contribution >= 0.6 is 0 Å². The highest BCUT2D eigenvalue weighted by atomic mass is 19.1. The molecule has 19 heavy (non-hydrogen) atoms. The molecular weight excluding hydrogens is 248 g/mol. The first kappa shape index (κ1) is 13.7. The molecule has 0 saturated heterocycles. The van der Waals surface area contributed by atoms with E-state index >= 15 is 0 Å². The number of halogens is 2. The Morgan fingerprint density at radius 2 is 2.05 bits per heavy atom. The van der Waals surface area contributed by atoms with Gasteiger partial charge in [-0.05, 0) is 25.5 Å². The number of aryl methyl sites for hydroxylation is 2. The van der Waals surface area contributed by atoms with Crippen molar-refractivity contribution in [1.82, 2.24) is 9.55 Å². The molecule has 0 spiro atoms. The molecule has 0 amide bonds. The summed E-state index contributed by atoms with van der Waals surface area (Å²) in [6, 6.07) is 1.82. The second kappa shape index (κ2) is 5.48. The van der Waals surface area contributed by atoms with Crippen molar-refractivity contribution in [3.8, 4) is 0 Å². The predicted octanol–water partition coefficient (Wildman–Crippen LogP) is 2.73. The predicted molar refractivity (Wildman–Crippen MR) is 69.6 cm³/mol. The molecule has 1 unspecified atom stereocenters. The zero-order chi connectivity index (χ0) is 14.0. The van der Waals surface area contributed by atoms with Crippen molar-refractivity contribution in [3.63, 3.8) is 0 Å². The van der Waals surface area contributed by atoms with E-state index in [2.05, 4.69) is 4.98 Å². The van der Waals surface area contributed by atoms with Crippen molar-refractivity contribution >= 4 is 0 Å². The number of hydrogen-bond acceptors (Lipinski definition) is 2. The molecule has 0 radical (unpaired) electrons. The molecule has 1 heterocycles. The van der Waals surface area contributed by atoms with E-state index in [1.165, 1.54) is 6.07 Å². The van der Waals surface area contributed by atoms with Crippen LogP contribution in [0, 0.1) is 18.6 Å². The lowest BCUT2D eigenvalue weighted by atomic mass is 10.0. The van der Waals surface area contributed by atoms with Crippen molar-refractivity contribution in [2.75, 3.05) is 0 Å². The van der Waals surface area contributed by atoms with Gasteiger partial charge in [-0.25, -0.2) is 13.8 Å². The Morgan fingerprint density at radius 3 is 2.74 bits per heavy atom. The maximum Gasteiger partial charge on any atom is 0.130 e. The summed E-state index contributed by atoms with van der Waals surface area (Å²) < 4.78 is 28.9. The Morgan fingerprint density at radius 1 is 1.32 bits per heavy atom. The number of nitrogens with zero attached hydrogens (tertiary/aromatic N) is 2. The molecular formula is C14H17F2N3. The van der Waals surface area contributed by atoms with E-state index in [0.717, 1.165) is 18.4 Å². The Bertz CT molecular complexity index is 578. The maximum atomic E-state index is 13.7. The summed E-state index contributed by atoms with van der Waals surface area (Å²) in [5, 5.41) is 0. The lowest BCUT2D eigenvalue weighted by molar-refractivity contribution is 0.542. The second-order valence-electron chi connectivity index (χ2n) is 4.56. The van der Waals surface area contributed by atoms with Crippen LogP contribution in [0.25, 0.3) is 0 Å². The highest BCUT2D eigenvalue weighted by Crippen LogP contribution is 2.22. The van der Waals surface area contributed by atoms with Gasteiger partial charge in [-0.3, -0.25) is 0 Å². The third-order valence-corrected chi connectivity index (χ3v) is 3.22. The molecule has 2 N–H and O–H groups in total. The van der Waals surface area contributed by atoms with Gasteiger partial charge in [-0.15, -0.1) is 0 Å². The lowest BCUT2D eigenvalue weighted by Gasteiger charge is -2.14. The summed E-state index contributed by atoms with van der Waals surface area (Å²) in [4.78, 5) is 4.21. The highest BCUT2D eigenvalue weighted by molar-refractivity contribution is 5.28. The summed E-state index contributed by atoms with van der Waals surface area (Å²) in [5.41, 5.74) is 6.73. The molecule has 0 aliphatic rings. The normalized spacial score (nSPS) is 12.7. The molecule has 0 fully saturated rings. The van der Waals surface area contributed by atoms with E-state index < -0.39 is 17.7 Å². The van der Waals surface area contributed by atoms with Gasteiger partial charge in [0.1, 0.15) is 17.5 Å². The van der Waals surface area contributed by atoms with Gasteiger partial charge < -0.3 is 10.3 Å². The molecule has 0 aliphatic carbocycles. The van der Waals surface area contributed by atoms with Crippen molar-refractivity contribution in [1.29, 1.82) is 0 Å². The molecule has 1 aromatic heterocycles. The minimum Gasteiger partial charge on any atom is -0.335 e. The van der Waals surface area contributed by atoms with E-state index in [9.17, 15) is 8.78 Å². The Labute approximate surface area is 111 Å². The number of aromatic nitrogens is 2. The second-order valence-corrected chi connectivity index (χ2v) is 4.56. The van der Waals surface area contributed by atoms with Crippen molar-refractivity contribution < 1.29 is 8.78 Å². The monoisotopic (exact) mass is 265 g/mol. The number of hydrogen-bond donors (Lipinski definition) is 1. The fourth-order valence-corrected chi connectivity index (χ4v) is 2.09. The Hall–Kier alpha value is -1.75. The zero-order valence-electron chi connectivity index (χ0n) is 11.0. The van der Waals surface area contributed by atoms with E-state index in [4.69, 9.17) is 5.73 Å². The number of rotatable bonds is 4. The standard InChI is InChI=1S/C14H17F2N3/c1-3-19-5-4-18-14(19)8-13(17)10-6-9(2)11(15)7-12(10)16/h4-7,13H,3,8,17H2,1-2H3. The topological polar surface area (TPSA) is 43.8 Å². The molecule has 3 nitrogen and oxygen atoms in total. The van der Waals surface area contributed by atoms with Crippen molar-refractivity contribution in [2.24, 2.45) is 5.73 Å². The summed E-state index contributed by atoms with van der Waals surface area (Å²) >= 11 is 0. The minimum atomic E-state index is -0.606. The SMILES string of the molecule is CCn1ccnc1CC(N)c1cc(C)c(F)cc1F. The van der Waals surface area contributed by atoms with Crippen LogP contribution in [0.5, 0.6) is 0 Å². The average molecular weight is 265 g/mol. The van der Waals surface area contributed by atoms with Crippen LogP contribution < -0.4 is 5.73 Å². The molecule has 0 saturated carbocycles. The van der Waals surface area contributed by atoms with Gasteiger partial charge in [0.25, 0.3) is 0 Å². The summed E-state index contributed by atoms with van der Waals surface area (Å²) in [5.74, 6) is -0.356. The first-order chi connectivity index (χ1) is 9.02. The van der Waals surface area contributed by atoms with E-state index in [1.807, 2.05) is 17.7 Å². The van der Waals surface area contributed by atoms with Gasteiger partial charge in [0.2, 0.25) is 0 Å². The van der Waals surface area contributed by atoms with Crippen LogP contribution in [-0.4, -0.2) is 9.55 Å². The third-order valence-electron chi connectivity index (χ3n) is 3.22. The molecule has 0 bridgehead atoms. The van der Waals surface area contributed by atoms with Crippen LogP contribution in [-0.2, 0) is 13.0 Å². The molecule has 0 aliphatic heterocycles. The molecule has 1 aromatic carbocycles. The fourth-order valence-electron chi connectivity index (χ4n) is 2.09. The van der Waals surface area contributed by atoms with Gasteiger partial charge in [0.05, 0.1) is 0 Å². The van der Waals surface area contributed by atoms with Crippen molar-refractivity contribution in [3.05, 3.63) is 53.1 Å². The van der Waals surface area contributed by atoms with Gasteiger partial charge in [-0.2, -0.15) is 0 Å². The fraction of sp³-hybridized carbons (Fsp3) is 0.357. The molecule has 2 aromatic rings. The molecule has 1 atom stereocenters. The van der Waals surface area contributed by atoms with Crippen LogP contribution in [0.2, 0.25) is 0 Å². The van der Waals surface area contributed by atoms with Crippen LogP contribution in [0.4, 0.5) is 8.78 Å². The van der Waals surface area contributed by atoms with Crippen molar-refractivity contribution in [2.45, 2.75) is 32.9 Å². The summed E-state index contributed by atoms with van der Waals surface area (Å²) in [6.07, 6.45) is 3.97. The van der Waals surface area contributed by atoms with Crippen LogP contribution in [0.1, 0.15) is 29.9 Å². The highest BCUT2D eigenvalue weighted by Gasteiger charge is 2.16. The van der Waals surface area contributed by atoms with Crippen LogP contribution in [0.15, 0.2) is 24.5 Å². The first-order valence-corrected chi connectivity index (χ1v) is 6.24. The van der Waals surface area contributed by atoms with Gasteiger partial charge in [-0.1, -0.05) is 0 Å². The van der Waals surface area contributed by atoms with Gasteiger partial charge in [0.15, 0.2) is 0 Å². The zero-order valence-corrected chi connectivity index (χ0v) is 11.0. The van der Waals surface area contributed by atoms with E-state index in [-0.39, 0.29) is 0 Å². The molecule has 5 heteroatoms. The summed E-state index contributed by atoms with van der Waals surface area (Å²) in [7, 11) is 0. The molecule has 102 valence electrons. The maximum absolute atomic E-state index is 13.7. The molecule has 2 rings (SSSR count). The van der Waals surface area contributed by atoms with Crippen LogP contribution in [0.3, 0.4) is 0 Å². The largest absolute Gasteiger partial charge is 0.335 e. The van der Waals surface area contributed by atoms with Gasteiger partial charge >= 0.3 is 0 Å². The smallest absolute Gasteiger partial charge is 0.130 e. The van der Waals surface area contributed by atoms with E-state index in [1.54, 1.807) is 13.1 Å². The number of imidazole rings is 1. The minimum absolute atomic E-state index is 0.324. The quantitative estimate of drug-likeness (QED) is 0.923. The lowest BCUT2D eigenvalue weighted by Crippen LogP contribution is -2.18. The van der Waals surface area contributed by atoms with E-state index in [0.29, 0.717) is 17.5 Å². The number of benzene rings is 1. The Kier molecular flexibility index (Phi) is 3.95. The van der Waals surface area contributed by atoms with Gasteiger partial charge in [0, 0.05) is 43.0 Å².